The van der Waals surface area contributed by atoms with Crippen molar-refractivity contribution in [2.75, 3.05) is 6.61 Å². The van der Waals surface area contributed by atoms with Crippen LogP contribution in [0.2, 0.25) is 0 Å². The van der Waals surface area contributed by atoms with Gasteiger partial charge in [-0.3, -0.25) is 0 Å². The molecule has 1 saturated carbocycles. The molecule has 4 atom stereocenters. The summed E-state index contributed by atoms with van der Waals surface area (Å²) in [6, 6.07) is 8.36. The third kappa shape index (κ3) is 3.55. The second-order valence-electron chi connectivity index (χ2n) is 9.83. The summed E-state index contributed by atoms with van der Waals surface area (Å²) >= 11 is 0. The van der Waals surface area contributed by atoms with E-state index < -0.39 is 5.60 Å². The topological polar surface area (TPSA) is 41.8 Å². The van der Waals surface area contributed by atoms with Crippen molar-refractivity contribution in [2.45, 2.75) is 72.4 Å². The van der Waals surface area contributed by atoms with E-state index in [0.29, 0.717) is 24.3 Å². The van der Waals surface area contributed by atoms with Gasteiger partial charge in [0.25, 0.3) is 0 Å². The molecule has 0 amide bonds. The average Bonchev–Trinajstić information content (AvgIpc) is 3.04. The minimum atomic E-state index is -0.811. The van der Waals surface area contributed by atoms with Crippen molar-refractivity contribution in [3.63, 3.8) is 0 Å². The average molecular weight is 358 g/mol. The molecule has 1 N–H and O–H groups in total. The van der Waals surface area contributed by atoms with E-state index in [0.717, 1.165) is 24.0 Å². The van der Waals surface area contributed by atoms with Crippen molar-refractivity contribution in [3.8, 4) is 0 Å². The first kappa shape index (κ1) is 19.4. The van der Waals surface area contributed by atoms with Crippen LogP contribution in [0.3, 0.4) is 0 Å². The molecule has 2 aliphatic rings. The molecular formula is C23H35NO2. The highest BCUT2D eigenvalue weighted by Crippen LogP contribution is 2.48. The van der Waals surface area contributed by atoms with Gasteiger partial charge in [0, 0.05) is 5.56 Å². The van der Waals surface area contributed by atoms with E-state index >= 15 is 0 Å². The van der Waals surface area contributed by atoms with Crippen LogP contribution in [0.5, 0.6) is 0 Å². The normalized spacial score (nSPS) is 32.5. The van der Waals surface area contributed by atoms with E-state index in [1.54, 1.807) is 0 Å². The SMILES string of the molecule is CC1CCC(C(C)C)C(O)(c2ccccc2C2=N[C@H](C(C)(C)C)CO2)C1. The number of hydrogen-bond acceptors (Lipinski definition) is 3. The van der Waals surface area contributed by atoms with Crippen molar-refractivity contribution >= 4 is 5.90 Å². The van der Waals surface area contributed by atoms with E-state index in [1.165, 1.54) is 6.42 Å². The molecule has 1 aromatic carbocycles. The number of benzene rings is 1. The molecule has 3 nitrogen and oxygen atoms in total. The minimum Gasteiger partial charge on any atom is -0.475 e. The highest BCUT2D eigenvalue weighted by molar-refractivity contribution is 5.97. The van der Waals surface area contributed by atoms with Crippen LogP contribution in [-0.2, 0) is 10.3 Å². The Morgan fingerprint density at radius 1 is 1.19 bits per heavy atom. The molecule has 144 valence electrons. The molecule has 0 spiro atoms. The molecule has 1 fully saturated rings. The van der Waals surface area contributed by atoms with Gasteiger partial charge in [-0.15, -0.1) is 0 Å². The maximum absolute atomic E-state index is 11.9. The first-order chi connectivity index (χ1) is 12.1. The summed E-state index contributed by atoms with van der Waals surface area (Å²) in [5.41, 5.74) is 1.24. The van der Waals surface area contributed by atoms with Crippen molar-refractivity contribution in [1.82, 2.24) is 0 Å². The van der Waals surface area contributed by atoms with Crippen LogP contribution in [0, 0.1) is 23.2 Å². The molecule has 0 saturated heterocycles. The number of aliphatic hydroxyl groups is 1. The molecule has 3 unspecified atom stereocenters. The maximum atomic E-state index is 11.9. The molecule has 3 heteroatoms. The van der Waals surface area contributed by atoms with Gasteiger partial charge in [0.05, 0.1) is 11.6 Å². The summed E-state index contributed by atoms with van der Waals surface area (Å²) < 4.78 is 6.02. The third-order valence-corrected chi connectivity index (χ3v) is 6.32. The molecule has 3 rings (SSSR count). The smallest absolute Gasteiger partial charge is 0.216 e. The molecular weight excluding hydrogens is 322 g/mol. The van der Waals surface area contributed by atoms with Gasteiger partial charge in [-0.1, -0.05) is 66.2 Å². The highest BCUT2D eigenvalue weighted by atomic mass is 16.5. The summed E-state index contributed by atoms with van der Waals surface area (Å²) in [6.45, 7) is 13.9. The molecule has 1 heterocycles. The van der Waals surface area contributed by atoms with Gasteiger partial charge in [0.2, 0.25) is 5.90 Å². The van der Waals surface area contributed by atoms with E-state index in [-0.39, 0.29) is 17.4 Å². The van der Waals surface area contributed by atoms with Crippen LogP contribution in [0.25, 0.3) is 0 Å². The van der Waals surface area contributed by atoms with Gasteiger partial charge >= 0.3 is 0 Å². The lowest BCUT2D eigenvalue weighted by atomic mass is 9.63. The largest absolute Gasteiger partial charge is 0.475 e. The Hall–Kier alpha value is -1.35. The van der Waals surface area contributed by atoms with Gasteiger partial charge in [0.1, 0.15) is 6.61 Å². The Balaban J connectivity index is 2.04. The lowest BCUT2D eigenvalue weighted by molar-refractivity contribution is -0.0867. The van der Waals surface area contributed by atoms with Gasteiger partial charge < -0.3 is 9.84 Å². The van der Waals surface area contributed by atoms with E-state index in [1.807, 2.05) is 12.1 Å². The van der Waals surface area contributed by atoms with Crippen LogP contribution in [-0.4, -0.2) is 23.7 Å². The maximum Gasteiger partial charge on any atom is 0.216 e. The zero-order valence-electron chi connectivity index (χ0n) is 17.2. The molecule has 0 aromatic heterocycles. The predicted octanol–water partition coefficient (Wildman–Crippen LogP) is 5.16. The monoisotopic (exact) mass is 357 g/mol. The summed E-state index contributed by atoms with van der Waals surface area (Å²) in [5.74, 6) is 1.93. The molecule has 1 aromatic rings. The molecule has 1 aliphatic heterocycles. The third-order valence-electron chi connectivity index (χ3n) is 6.32. The summed E-state index contributed by atoms with van der Waals surface area (Å²) in [4.78, 5) is 4.89. The van der Waals surface area contributed by atoms with Crippen molar-refractivity contribution in [1.29, 1.82) is 0 Å². The molecule has 26 heavy (non-hydrogen) atoms. The van der Waals surface area contributed by atoms with Crippen LogP contribution in [0.15, 0.2) is 29.3 Å². The van der Waals surface area contributed by atoms with Crippen molar-refractivity contribution in [3.05, 3.63) is 35.4 Å². The minimum absolute atomic E-state index is 0.0768. The van der Waals surface area contributed by atoms with Gasteiger partial charge in [-0.2, -0.15) is 0 Å². The summed E-state index contributed by atoms with van der Waals surface area (Å²) in [5, 5.41) is 11.9. The summed E-state index contributed by atoms with van der Waals surface area (Å²) in [7, 11) is 0. The highest BCUT2D eigenvalue weighted by Gasteiger charge is 2.46. The molecule has 0 bridgehead atoms. The number of ether oxygens (including phenoxy) is 1. The number of rotatable bonds is 3. The second-order valence-corrected chi connectivity index (χ2v) is 9.83. The Morgan fingerprint density at radius 2 is 1.88 bits per heavy atom. The number of aliphatic imine (C=N–C) groups is 1. The van der Waals surface area contributed by atoms with Gasteiger partial charge in [-0.05, 0) is 47.6 Å². The Bertz CT molecular complexity index is 673. The Labute approximate surface area is 158 Å². The second kappa shape index (κ2) is 6.99. The fraction of sp³-hybridized carbons (Fsp3) is 0.696. The standard InChI is InChI=1S/C23H35NO2/c1-15(2)18-12-11-16(3)13-23(18,25)19-10-8-7-9-17(19)21-24-20(14-26-21)22(4,5)6/h7-10,15-16,18,20,25H,11-14H2,1-6H3/t16?,18?,20-,23?/m0/s1. The zero-order chi connectivity index (χ0) is 19.1. The van der Waals surface area contributed by atoms with Crippen LogP contribution in [0.1, 0.15) is 71.9 Å². The van der Waals surface area contributed by atoms with Gasteiger partial charge in [0.15, 0.2) is 0 Å². The van der Waals surface area contributed by atoms with E-state index in [2.05, 4.69) is 53.7 Å². The number of nitrogens with zero attached hydrogens (tertiary/aromatic N) is 1. The number of hydrogen-bond donors (Lipinski definition) is 1. The zero-order valence-corrected chi connectivity index (χ0v) is 17.2. The molecule has 0 radical (unpaired) electrons. The summed E-state index contributed by atoms with van der Waals surface area (Å²) in [6.07, 6.45) is 3.07. The van der Waals surface area contributed by atoms with Crippen LogP contribution < -0.4 is 0 Å². The lowest BCUT2D eigenvalue weighted by Crippen LogP contribution is -2.44. The van der Waals surface area contributed by atoms with Crippen molar-refractivity contribution < 1.29 is 9.84 Å². The first-order valence-corrected chi connectivity index (χ1v) is 10.2. The van der Waals surface area contributed by atoms with Gasteiger partial charge in [-0.25, -0.2) is 4.99 Å². The van der Waals surface area contributed by atoms with Crippen LogP contribution in [0.4, 0.5) is 0 Å². The van der Waals surface area contributed by atoms with E-state index in [9.17, 15) is 5.11 Å². The first-order valence-electron chi connectivity index (χ1n) is 10.2. The van der Waals surface area contributed by atoms with E-state index in [4.69, 9.17) is 9.73 Å². The molecule has 1 aliphatic carbocycles. The van der Waals surface area contributed by atoms with Crippen molar-refractivity contribution in [2.24, 2.45) is 28.2 Å². The fourth-order valence-electron chi connectivity index (χ4n) is 4.69. The predicted molar refractivity (Wildman–Crippen MR) is 107 cm³/mol. The fourth-order valence-corrected chi connectivity index (χ4v) is 4.69. The van der Waals surface area contributed by atoms with Crippen LogP contribution >= 0.6 is 0 Å². The Morgan fingerprint density at radius 3 is 2.50 bits per heavy atom. The lowest BCUT2D eigenvalue weighted by Gasteiger charge is -2.45. The quantitative estimate of drug-likeness (QED) is 0.812. The Kier molecular flexibility index (Phi) is 5.22.